The van der Waals surface area contributed by atoms with Gasteiger partial charge in [0.25, 0.3) is 0 Å². The largest absolute Gasteiger partial charge is 2.00 e. The number of hydrogen-bond donors (Lipinski definition) is 1. The molecule has 8 bridgehead atoms. The van der Waals surface area contributed by atoms with Gasteiger partial charge < -0.3 is 15.0 Å². The summed E-state index contributed by atoms with van der Waals surface area (Å²) in [6.45, 7) is 0. The molecule has 2 aliphatic heterocycles. The Kier molecular flexibility index (Phi) is 11.5. The molecule has 1 unspecified atom stereocenters. The van der Waals surface area contributed by atoms with Crippen LogP contribution < -0.4 is 20.7 Å². The number of H-pyrrole nitrogens is 1. The van der Waals surface area contributed by atoms with Gasteiger partial charge in [-0.25, -0.2) is 4.99 Å². The van der Waals surface area contributed by atoms with Gasteiger partial charge in [0, 0.05) is 63.1 Å². The van der Waals surface area contributed by atoms with Gasteiger partial charge in [0.05, 0.1) is 21.5 Å². The molecule has 5 heterocycles. The van der Waals surface area contributed by atoms with Gasteiger partial charge in [-0.2, -0.15) is 0 Å². The van der Waals surface area contributed by atoms with Gasteiger partial charge in [-0.15, -0.1) is 22.8 Å². The summed E-state index contributed by atoms with van der Waals surface area (Å²) in [4.78, 5) is 19.4. The number of fused-ring (bicyclic) bond motifs is 7. The van der Waals surface area contributed by atoms with Crippen LogP contribution in [0, 0.1) is 0 Å². The first kappa shape index (κ1) is 40.2. The topological polar surface area (TPSA) is 56.4 Å². The quantitative estimate of drug-likeness (QED) is 0.179. The predicted octanol–water partition coefficient (Wildman–Crippen LogP) is 12.6. The first-order valence-corrected chi connectivity index (χ1v) is 20.1. The monoisotopic (exact) mass is 942 g/mol. The molecule has 0 saturated carbocycles. The Labute approximate surface area is 377 Å². The van der Waals surface area contributed by atoms with Gasteiger partial charge in [-0.3, -0.25) is 0 Å². The maximum Gasteiger partial charge on any atom is 2.00 e. The van der Waals surface area contributed by atoms with E-state index in [0.717, 1.165) is 0 Å². The maximum absolute atomic E-state index is 6.95. The van der Waals surface area contributed by atoms with Gasteiger partial charge in [-0.1, -0.05) is 141 Å². The molecule has 2 aliphatic rings. The van der Waals surface area contributed by atoms with E-state index >= 15 is 0 Å². The number of benzene rings is 4. The van der Waals surface area contributed by atoms with Crippen molar-refractivity contribution in [2.45, 2.75) is 5.92 Å². The summed E-state index contributed by atoms with van der Waals surface area (Å²) in [5.41, 5.74) is 7.92. The summed E-state index contributed by atoms with van der Waals surface area (Å²) >= 11 is 55.6. The second kappa shape index (κ2) is 16.2. The number of nitrogens with zero attached hydrogens (tertiary/aromatic N) is 3. The molecular formula is C44H22Cl8FeN4. The summed E-state index contributed by atoms with van der Waals surface area (Å²) in [5.74, 6) is -0.595. The Balaban J connectivity index is 0.00000455. The molecule has 1 atom stereocenters. The number of nitrogens with one attached hydrogen (secondary N) is 1. The van der Waals surface area contributed by atoms with Crippen molar-refractivity contribution in [3.05, 3.63) is 223 Å². The van der Waals surface area contributed by atoms with Crippen LogP contribution in [0.5, 0.6) is 0 Å². The average Bonchev–Trinajstić information content (AvgIpc) is 4.00. The molecule has 0 aliphatic carbocycles. The van der Waals surface area contributed by atoms with Crippen molar-refractivity contribution < 1.29 is 17.1 Å². The second-order valence-corrected chi connectivity index (χ2v) is 16.3. The van der Waals surface area contributed by atoms with E-state index in [1.54, 1.807) is 72.8 Å². The summed E-state index contributed by atoms with van der Waals surface area (Å²) < 4.78 is 0. The third-order valence-corrected chi connectivity index (χ3v) is 12.3. The second-order valence-electron chi connectivity index (χ2n) is 13.0. The molecule has 7 aromatic rings. The van der Waals surface area contributed by atoms with Gasteiger partial charge in [0.2, 0.25) is 0 Å². The average molecular weight is 946 g/mol. The van der Waals surface area contributed by atoms with Gasteiger partial charge in [-0.05, 0) is 95.4 Å². The minimum atomic E-state index is -0.595. The van der Waals surface area contributed by atoms with E-state index in [1.807, 2.05) is 48.6 Å². The summed E-state index contributed by atoms with van der Waals surface area (Å²) in [5, 5.41) is 4.88. The zero-order valence-electron chi connectivity index (χ0n) is 28.8. The van der Waals surface area contributed by atoms with Crippen molar-refractivity contribution in [3.8, 4) is 0 Å². The zero-order valence-corrected chi connectivity index (χ0v) is 36.0. The number of aliphatic imine (C=N–C) groups is 1. The van der Waals surface area contributed by atoms with Crippen LogP contribution in [-0.4, -0.2) is 10.7 Å². The number of rotatable bonds is 4. The van der Waals surface area contributed by atoms with Crippen molar-refractivity contribution >= 4 is 115 Å². The molecule has 57 heavy (non-hydrogen) atoms. The van der Waals surface area contributed by atoms with Crippen LogP contribution in [0.4, 0.5) is 0 Å². The predicted molar refractivity (Wildman–Crippen MR) is 233 cm³/mol. The van der Waals surface area contributed by atoms with Gasteiger partial charge in [0.15, 0.2) is 0 Å². The van der Waals surface area contributed by atoms with Crippen molar-refractivity contribution in [1.29, 1.82) is 0 Å². The summed E-state index contributed by atoms with van der Waals surface area (Å²) in [6, 6.07) is 33.1. The first-order chi connectivity index (χ1) is 27.1. The van der Waals surface area contributed by atoms with Crippen LogP contribution in [0.3, 0.4) is 0 Å². The van der Waals surface area contributed by atoms with E-state index in [4.69, 9.17) is 108 Å². The molecule has 9 rings (SSSR count). The Hall–Kier alpha value is -3.55. The van der Waals surface area contributed by atoms with Crippen molar-refractivity contribution in [1.82, 2.24) is 15.0 Å². The molecular weight excluding hydrogens is 924 g/mol. The van der Waals surface area contributed by atoms with Crippen LogP contribution >= 0.6 is 92.8 Å². The van der Waals surface area contributed by atoms with E-state index in [-0.39, 0.29) is 17.1 Å². The minimum absolute atomic E-state index is 0. The van der Waals surface area contributed by atoms with Crippen molar-refractivity contribution in [3.63, 3.8) is 0 Å². The van der Waals surface area contributed by atoms with Gasteiger partial charge >= 0.3 is 17.1 Å². The molecule has 3 aromatic heterocycles. The molecule has 0 spiro atoms. The van der Waals surface area contributed by atoms with Crippen molar-refractivity contribution in [2.24, 2.45) is 4.99 Å². The Morgan fingerprint density at radius 2 is 0.842 bits per heavy atom. The van der Waals surface area contributed by atoms with Crippen molar-refractivity contribution in [2.75, 3.05) is 0 Å². The molecule has 0 radical (unpaired) electrons. The van der Waals surface area contributed by atoms with E-state index < -0.39 is 5.92 Å². The molecule has 282 valence electrons. The summed E-state index contributed by atoms with van der Waals surface area (Å²) in [6.07, 6.45) is 3.81. The van der Waals surface area contributed by atoms with Crippen LogP contribution in [0.2, 0.25) is 40.2 Å². The first-order valence-electron chi connectivity index (χ1n) is 17.1. The van der Waals surface area contributed by atoms with Crippen LogP contribution in [0.25, 0.3) is 16.7 Å². The van der Waals surface area contributed by atoms with E-state index in [2.05, 4.69) is 4.98 Å². The Morgan fingerprint density at radius 1 is 0.439 bits per heavy atom. The van der Waals surface area contributed by atoms with Crippen LogP contribution in [-0.2, 0) is 17.1 Å². The fourth-order valence-corrected chi connectivity index (χ4v) is 9.69. The zero-order chi connectivity index (χ0) is 38.8. The molecule has 4 aromatic carbocycles. The molecule has 1 N–H and O–H groups in total. The number of hydrogen-bond acceptors (Lipinski definition) is 1. The Bertz CT molecular complexity index is 2910. The maximum atomic E-state index is 6.95. The fraction of sp³-hybridized carbons (Fsp3) is 0.0227. The third kappa shape index (κ3) is 7.17. The molecule has 0 saturated heterocycles. The third-order valence-electron chi connectivity index (χ3n) is 9.73. The standard InChI is InChI=1S/C44H22Cl8N4.Fe/c45-21-5-1-6-22(46)37(21)41-29-13-15-31(53-29)42(38-23(47)7-2-8-24(38)48)33-17-19-35(55-33)44(40-27(51)11-4-12-28(40)52)36-20-18-34(56-36)43(32-16-14-30(41)54-32)39-25(49)9-3-10-26(39)50;/h1-20,41,55H;/q-2;+2. The fourth-order valence-electron chi connectivity index (χ4n) is 7.32. The van der Waals surface area contributed by atoms with E-state index in [1.165, 1.54) is 0 Å². The molecule has 0 fully saturated rings. The smallest absolute Gasteiger partial charge is 0.660 e. The number of allylic oxidation sites excluding steroid dienone is 2. The molecule has 13 heteroatoms. The number of halogens is 8. The molecule has 4 nitrogen and oxygen atoms in total. The number of aromatic amines is 1. The number of aromatic nitrogens is 3. The normalized spacial score (nSPS) is 14.9. The van der Waals surface area contributed by atoms with E-state index in [0.29, 0.717) is 124 Å². The summed E-state index contributed by atoms with van der Waals surface area (Å²) in [7, 11) is 0. The van der Waals surface area contributed by atoms with Crippen LogP contribution in [0.15, 0.2) is 132 Å². The Morgan fingerprint density at radius 3 is 1.33 bits per heavy atom. The van der Waals surface area contributed by atoms with Crippen LogP contribution in [0.1, 0.15) is 50.9 Å². The van der Waals surface area contributed by atoms with Gasteiger partial charge in [0.1, 0.15) is 0 Å². The minimum Gasteiger partial charge on any atom is -0.660 e. The SMILES string of the molecule is Clc1cccc(Cl)c1C1=C2C=CC(=N2)C(c2c(Cl)cccc2Cl)=c2ccc([nH]2)=C(c2c(Cl)cccc2Cl)c2ccc([n-]2)C(c2c(Cl)cccc2Cl)c2ccc1[n-]2.[Fe+2]. The van der Waals surface area contributed by atoms with E-state index in [9.17, 15) is 0 Å². The molecule has 0 amide bonds.